The first-order valence-electron chi connectivity index (χ1n) is 4.80. The Morgan fingerprint density at radius 1 is 1.19 bits per heavy atom. The smallest absolute Gasteiger partial charge is 0.0940 e. The second-order valence-corrected chi connectivity index (χ2v) is 5.22. The van der Waals surface area contributed by atoms with Gasteiger partial charge in [-0.2, -0.15) is 0 Å². The number of hydrogen-bond donors (Lipinski definition) is 2. The van der Waals surface area contributed by atoms with Crippen molar-refractivity contribution in [3.8, 4) is 0 Å². The zero-order chi connectivity index (χ0) is 10.9. The summed E-state index contributed by atoms with van der Waals surface area (Å²) in [5.41, 5.74) is 14.7. The van der Waals surface area contributed by atoms with Crippen LogP contribution in [0.15, 0.2) is 42.5 Å². The summed E-state index contributed by atoms with van der Waals surface area (Å²) in [7, 11) is 0. The lowest BCUT2D eigenvalue weighted by molar-refractivity contribution is 0.777. The number of rotatable bonds is 1. The molecular formula is C12H14BrClN2. The Bertz CT molecular complexity index is 421. The van der Waals surface area contributed by atoms with Crippen LogP contribution in [-0.4, -0.2) is 4.45 Å². The number of benzene rings is 1. The van der Waals surface area contributed by atoms with Gasteiger partial charge in [-0.3, -0.25) is 0 Å². The van der Waals surface area contributed by atoms with Gasteiger partial charge in [0.1, 0.15) is 0 Å². The molecule has 0 saturated carbocycles. The van der Waals surface area contributed by atoms with Gasteiger partial charge in [0.05, 0.1) is 4.45 Å². The van der Waals surface area contributed by atoms with Gasteiger partial charge in [0.25, 0.3) is 0 Å². The minimum Gasteiger partial charge on any atom is -0.399 e. The molecule has 0 amide bonds. The normalized spacial score (nSPS) is 23.5. The molecule has 1 atom stereocenters. The molecule has 1 aromatic rings. The van der Waals surface area contributed by atoms with Crippen molar-refractivity contribution in [1.82, 2.24) is 0 Å². The average Bonchev–Trinajstić information content (AvgIpc) is 2.20. The van der Waals surface area contributed by atoms with E-state index in [4.69, 9.17) is 11.5 Å². The van der Waals surface area contributed by atoms with Crippen LogP contribution in [0.4, 0.5) is 5.69 Å². The number of alkyl halides is 1. The van der Waals surface area contributed by atoms with E-state index in [9.17, 15) is 0 Å². The zero-order valence-corrected chi connectivity index (χ0v) is 11.1. The molecule has 1 unspecified atom stereocenters. The molecule has 86 valence electrons. The first-order valence-corrected chi connectivity index (χ1v) is 5.59. The minimum atomic E-state index is -0.385. The molecule has 0 saturated heterocycles. The van der Waals surface area contributed by atoms with E-state index in [1.807, 2.05) is 36.4 Å². The molecule has 16 heavy (non-hydrogen) atoms. The SMILES string of the molecule is Cl.Nc1ccc(C2=CCC(N)(Br)C=C2)cc1. The van der Waals surface area contributed by atoms with Crippen LogP contribution >= 0.6 is 28.3 Å². The van der Waals surface area contributed by atoms with Crippen molar-refractivity contribution in [2.45, 2.75) is 10.9 Å². The number of hydrogen-bond acceptors (Lipinski definition) is 2. The molecule has 2 nitrogen and oxygen atoms in total. The van der Waals surface area contributed by atoms with Crippen LogP contribution in [0.5, 0.6) is 0 Å². The first kappa shape index (κ1) is 13.3. The Morgan fingerprint density at radius 2 is 1.81 bits per heavy atom. The van der Waals surface area contributed by atoms with Gasteiger partial charge in [0.15, 0.2) is 0 Å². The highest BCUT2D eigenvalue weighted by molar-refractivity contribution is 9.10. The van der Waals surface area contributed by atoms with Gasteiger partial charge < -0.3 is 11.5 Å². The summed E-state index contributed by atoms with van der Waals surface area (Å²) in [6.45, 7) is 0. The van der Waals surface area contributed by atoms with E-state index in [2.05, 4.69) is 22.0 Å². The van der Waals surface area contributed by atoms with Gasteiger partial charge in [-0.25, -0.2) is 0 Å². The van der Waals surface area contributed by atoms with Crippen LogP contribution < -0.4 is 11.5 Å². The third-order valence-electron chi connectivity index (χ3n) is 2.42. The quantitative estimate of drug-likeness (QED) is 0.476. The summed E-state index contributed by atoms with van der Waals surface area (Å²) in [6.07, 6.45) is 6.92. The molecule has 0 bridgehead atoms. The highest BCUT2D eigenvalue weighted by Gasteiger charge is 2.18. The lowest BCUT2D eigenvalue weighted by Gasteiger charge is -2.20. The average molecular weight is 302 g/mol. The Kier molecular flexibility index (Phi) is 4.19. The summed E-state index contributed by atoms with van der Waals surface area (Å²) in [6, 6.07) is 7.84. The fourth-order valence-corrected chi connectivity index (χ4v) is 1.81. The Morgan fingerprint density at radius 3 is 2.31 bits per heavy atom. The first-order chi connectivity index (χ1) is 7.07. The van der Waals surface area contributed by atoms with E-state index in [1.165, 1.54) is 11.1 Å². The number of nitrogen functional groups attached to an aromatic ring is 1. The molecule has 4 heteroatoms. The van der Waals surface area contributed by atoms with Crippen LogP contribution in [0.3, 0.4) is 0 Å². The maximum atomic E-state index is 5.91. The summed E-state index contributed by atoms with van der Waals surface area (Å²) >= 11 is 3.43. The summed E-state index contributed by atoms with van der Waals surface area (Å²) < 4.78 is -0.385. The van der Waals surface area contributed by atoms with E-state index >= 15 is 0 Å². The molecule has 0 aromatic heterocycles. The van der Waals surface area contributed by atoms with Gasteiger partial charge in [-0.15, -0.1) is 12.4 Å². The van der Waals surface area contributed by atoms with Gasteiger partial charge in [0.2, 0.25) is 0 Å². The van der Waals surface area contributed by atoms with Crippen LogP contribution in [-0.2, 0) is 0 Å². The fourth-order valence-electron chi connectivity index (χ4n) is 1.52. The van der Waals surface area contributed by atoms with Gasteiger partial charge >= 0.3 is 0 Å². The van der Waals surface area contributed by atoms with Crippen molar-refractivity contribution >= 4 is 39.6 Å². The van der Waals surface area contributed by atoms with E-state index in [1.54, 1.807) is 0 Å². The van der Waals surface area contributed by atoms with Crippen molar-refractivity contribution in [3.05, 3.63) is 48.1 Å². The van der Waals surface area contributed by atoms with Crippen LogP contribution in [0.1, 0.15) is 12.0 Å². The van der Waals surface area contributed by atoms with Crippen molar-refractivity contribution in [1.29, 1.82) is 0 Å². The van der Waals surface area contributed by atoms with E-state index in [-0.39, 0.29) is 16.9 Å². The second kappa shape index (κ2) is 5.04. The van der Waals surface area contributed by atoms with Crippen LogP contribution in [0.2, 0.25) is 0 Å². The molecule has 1 aromatic carbocycles. The van der Waals surface area contributed by atoms with E-state index in [0.717, 1.165) is 12.1 Å². The van der Waals surface area contributed by atoms with Gasteiger partial charge in [-0.05, 0) is 29.7 Å². The molecule has 0 fully saturated rings. The van der Waals surface area contributed by atoms with Crippen molar-refractivity contribution in [3.63, 3.8) is 0 Å². The predicted molar refractivity (Wildman–Crippen MR) is 75.7 cm³/mol. The van der Waals surface area contributed by atoms with E-state index in [0.29, 0.717) is 0 Å². The summed E-state index contributed by atoms with van der Waals surface area (Å²) in [4.78, 5) is 0. The molecule has 1 aliphatic carbocycles. The van der Waals surface area contributed by atoms with Crippen LogP contribution in [0, 0.1) is 0 Å². The maximum absolute atomic E-state index is 5.91. The molecule has 0 spiro atoms. The lowest BCUT2D eigenvalue weighted by Crippen LogP contribution is -2.30. The number of anilines is 1. The standard InChI is InChI=1S/C12H13BrN2.ClH/c13-12(15)7-5-10(6-8-12)9-1-3-11(14)4-2-9;/h1-7H,8,14-15H2;1H. The highest BCUT2D eigenvalue weighted by atomic mass is 79.9. The number of halogens is 2. The summed E-state index contributed by atoms with van der Waals surface area (Å²) in [5.74, 6) is 0. The number of nitrogens with two attached hydrogens (primary N) is 2. The van der Waals surface area contributed by atoms with Gasteiger partial charge in [-0.1, -0.05) is 46.3 Å². The van der Waals surface area contributed by atoms with Gasteiger partial charge in [0, 0.05) is 5.69 Å². The fraction of sp³-hybridized carbons (Fsp3) is 0.167. The van der Waals surface area contributed by atoms with Crippen molar-refractivity contribution in [2.75, 3.05) is 5.73 Å². The third-order valence-corrected chi connectivity index (χ3v) is 3.01. The van der Waals surface area contributed by atoms with E-state index < -0.39 is 0 Å². The Balaban J connectivity index is 0.00000128. The molecule has 0 heterocycles. The lowest BCUT2D eigenvalue weighted by atomic mass is 9.97. The van der Waals surface area contributed by atoms with Crippen molar-refractivity contribution < 1.29 is 0 Å². The number of allylic oxidation sites excluding steroid dienone is 2. The largest absolute Gasteiger partial charge is 0.399 e. The second-order valence-electron chi connectivity index (χ2n) is 3.75. The summed E-state index contributed by atoms with van der Waals surface area (Å²) in [5, 5.41) is 0. The van der Waals surface area contributed by atoms with Crippen LogP contribution in [0.25, 0.3) is 5.57 Å². The monoisotopic (exact) mass is 300 g/mol. The predicted octanol–water partition coefficient (Wildman–Crippen LogP) is 3.08. The molecule has 2 rings (SSSR count). The zero-order valence-electron chi connectivity index (χ0n) is 8.69. The molecule has 4 N–H and O–H groups in total. The third kappa shape index (κ3) is 3.11. The Labute approximate surface area is 110 Å². The highest BCUT2D eigenvalue weighted by Crippen LogP contribution is 2.29. The Hall–Kier alpha value is -0.770. The topological polar surface area (TPSA) is 52.0 Å². The van der Waals surface area contributed by atoms with Crippen molar-refractivity contribution in [2.24, 2.45) is 5.73 Å². The maximum Gasteiger partial charge on any atom is 0.0940 e. The molecule has 0 aliphatic heterocycles. The minimum absolute atomic E-state index is 0. The molecule has 1 aliphatic rings. The molecular weight excluding hydrogens is 288 g/mol. The molecule has 0 radical (unpaired) electrons.